The molecule has 0 amide bonds. The Kier molecular flexibility index (Phi) is 6.07. The van der Waals surface area contributed by atoms with Gasteiger partial charge in [-0.1, -0.05) is 19.1 Å². The zero-order valence-electron chi connectivity index (χ0n) is 10.5. The molecule has 0 aliphatic heterocycles. The van der Waals surface area contributed by atoms with Crippen LogP contribution in [0.1, 0.15) is 25.8 Å². The van der Waals surface area contributed by atoms with Crippen LogP contribution < -0.4 is 10.6 Å². The van der Waals surface area contributed by atoms with Crippen molar-refractivity contribution in [3.63, 3.8) is 0 Å². The Balaban J connectivity index is 2.55. The maximum Gasteiger partial charge on any atom is 0.191 e. The lowest BCUT2D eigenvalue weighted by atomic mass is 10.2. The molecule has 0 aromatic heterocycles. The fourth-order valence-corrected chi connectivity index (χ4v) is 1.35. The predicted molar refractivity (Wildman–Crippen MR) is 69.5 cm³/mol. The first-order valence-electron chi connectivity index (χ1n) is 6.03. The fraction of sp³-hybridized carbons (Fsp3) is 0.462. The highest BCUT2D eigenvalue weighted by Crippen LogP contribution is 2.03. The van der Waals surface area contributed by atoms with E-state index in [9.17, 15) is 4.39 Å². The van der Waals surface area contributed by atoms with Gasteiger partial charge in [-0.3, -0.25) is 0 Å². The lowest BCUT2D eigenvalue weighted by Crippen LogP contribution is -2.37. The number of nitrogens with zero attached hydrogens (tertiary/aromatic N) is 1. The van der Waals surface area contributed by atoms with Gasteiger partial charge in [0.15, 0.2) is 5.96 Å². The van der Waals surface area contributed by atoms with Gasteiger partial charge in [-0.05, 0) is 31.0 Å². The van der Waals surface area contributed by atoms with Crippen LogP contribution in [-0.4, -0.2) is 19.0 Å². The van der Waals surface area contributed by atoms with Crippen molar-refractivity contribution in [1.82, 2.24) is 10.6 Å². The second-order valence-corrected chi connectivity index (χ2v) is 3.75. The van der Waals surface area contributed by atoms with Gasteiger partial charge in [-0.2, -0.15) is 0 Å². The molecule has 0 spiro atoms. The average Bonchev–Trinajstić information content (AvgIpc) is 2.35. The third-order valence-electron chi connectivity index (χ3n) is 2.22. The molecule has 0 aliphatic rings. The minimum atomic E-state index is -0.214. The molecule has 0 bridgehead atoms. The molecule has 0 atom stereocenters. The summed E-state index contributed by atoms with van der Waals surface area (Å²) in [6, 6.07) is 6.42. The summed E-state index contributed by atoms with van der Waals surface area (Å²) >= 11 is 0. The maximum absolute atomic E-state index is 12.7. The summed E-state index contributed by atoms with van der Waals surface area (Å²) in [5.41, 5.74) is 1.00. The fourth-order valence-electron chi connectivity index (χ4n) is 1.35. The third kappa shape index (κ3) is 5.33. The Labute approximate surface area is 102 Å². The van der Waals surface area contributed by atoms with E-state index in [0.717, 1.165) is 31.0 Å². The Hall–Kier alpha value is -1.58. The van der Waals surface area contributed by atoms with E-state index in [4.69, 9.17) is 0 Å². The molecule has 0 radical (unpaired) electrons. The largest absolute Gasteiger partial charge is 0.357 e. The number of aliphatic imine (C=N–C) groups is 1. The van der Waals surface area contributed by atoms with E-state index in [1.54, 1.807) is 12.1 Å². The Morgan fingerprint density at radius 1 is 1.18 bits per heavy atom. The van der Waals surface area contributed by atoms with Crippen LogP contribution in [0.25, 0.3) is 0 Å². The molecule has 3 nitrogen and oxygen atoms in total. The van der Waals surface area contributed by atoms with E-state index in [1.165, 1.54) is 12.1 Å². The van der Waals surface area contributed by atoms with Crippen molar-refractivity contribution in [2.24, 2.45) is 4.99 Å². The SMILES string of the molecule is CCCNC(=NCc1ccc(F)cc1)NCC. The van der Waals surface area contributed by atoms with Crippen molar-refractivity contribution in [2.75, 3.05) is 13.1 Å². The molecule has 4 heteroatoms. The molecule has 0 unspecified atom stereocenters. The topological polar surface area (TPSA) is 36.4 Å². The molecule has 0 saturated heterocycles. The van der Waals surface area contributed by atoms with Crippen molar-refractivity contribution < 1.29 is 4.39 Å². The van der Waals surface area contributed by atoms with Crippen LogP contribution in [0.4, 0.5) is 4.39 Å². The summed E-state index contributed by atoms with van der Waals surface area (Å²) in [7, 11) is 0. The van der Waals surface area contributed by atoms with Crippen LogP contribution in [0.15, 0.2) is 29.3 Å². The van der Waals surface area contributed by atoms with Crippen LogP contribution in [0.3, 0.4) is 0 Å². The number of guanidine groups is 1. The van der Waals surface area contributed by atoms with Gasteiger partial charge in [0.2, 0.25) is 0 Å². The molecule has 1 rings (SSSR count). The van der Waals surface area contributed by atoms with E-state index in [1.807, 2.05) is 6.92 Å². The summed E-state index contributed by atoms with van der Waals surface area (Å²) in [6.45, 7) is 6.42. The second-order valence-electron chi connectivity index (χ2n) is 3.75. The second kappa shape index (κ2) is 7.65. The highest BCUT2D eigenvalue weighted by molar-refractivity contribution is 5.79. The smallest absolute Gasteiger partial charge is 0.191 e. The molecule has 94 valence electrons. The summed E-state index contributed by atoms with van der Waals surface area (Å²) < 4.78 is 12.7. The predicted octanol–water partition coefficient (Wildman–Crippen LogP) is 2.29. The highest BCUT2D eigenvalue weighted by atomic mass is 19.1. The molecule has 1 aromatic carbocycles. The first-order chi connectivity index (χ1) is 8.26. The monoisotopic (exact) mass is 237 g/mol. The number of benzene rings is 1. The number of rotatable bonds is 5. The molecule has 0 saturated carbocycles. The van der Waals surface area contributed by atoms with E-state index >= 15 is 0 Å². The highest BCUT2D eigenvalue weighted by Gasteiger charge is 1.96. The Bertz CT molecular complexity index is 346. The van der Waals surface area contributed by atoms with Crippen LogP contribution >= 0.6 is 0 Å². The quantitative estimate of drug-likeness (QED) is 0.609. The lowest BCUT2D eigenvalue weighted by molar-refractivity contribution is 0.627. The summed E-state index contributed by atoms with van der Waals surface area (Å²) in [6.07, 6.45) is 1.06. The van der Waals surface area contributed by atoms with Gasteiger partial charge in [-0.15, -0.1) is 0 Å². The summed E-state index contributed by atoms with van der Waals surface area (Å²) in [4.78, 5) is 4.42. The molecule has 2 N–H and O–H groups in total. The standard InChI is InChI=1S/C13H20FN3/c1-3-9-16-13(15-4-2)17-10-11-5-7-12(14)8-6-11/h5-8H,3-4,9-10H2,1-2H3,(H2,15,16,17). The number of halogens is 1. The van der Waals surface area contributed by atoms with E-state index in [0.29, 0.717) is 6.54 Å². The van der Waals surface area contributed by atoms with Crippen molar-refractivity contribution in [1.29, 1.82) is 0 Å². The first kappa shape index (κ1) is 13.5. The van der Waals surface area contributed by atoms with Crippen molar-refractivity contribution in [3.05, 3.63) is 35.6 Å². The Morgan fingerprint density at radius 2 is 1.88 bits per heavy atom. The van der Waals surface area contributed by atoms with Gasteiger partial charge < -0.3 is 10.6 Å². The van der Waals surface area contributed by atoms with Gasteiger partial charge >= 0.3 is 0 Å². The molecule has 0 aliphatic carbocycles. The molecule has 0 heterocycles. The van der Waals surface area contributed by atoms with Gasteiger partial charge in [0.25, 0.3) is 0 Å². The molecule has 17 heavy (non-hydrogen) atoms. The lowest BCUT2D eigenvalue weighted by Gasteiger charge is -2.10. The molecule has 0 fully saturated rings. The first-order valence-corrected chi connectivity index (χ1v) is 6.03. The van der Waals surface area contributed by atoms with Crippen molar-refractivity contribution in [2.45, 2.75) is 26.8 Å². The van der Waals surface area contributed by atoms with Crippen LogP contribution in [0.5, 0.6) is 0 Å². The summed E-state index contributed by atoms with van der Waals surface area (Å²) in [5.74, 6) is 0.590. The van der Waals surface area contributed by atoms with Crippen molar-refractivity contribution in [3.8, 4) is 0 Å². The molecular formula is C13H20FN3. The van der Waals surface area contributed by atoms with Gasteiger partial charge in [0, 0.05) is 13.1 Å². The zero-order chi connectivity index (χ0) is 12.5. The Morgan fingerprint density at radius 3 is 2.47 bits per heavy atom. The molecule has 1 aromatic rings. The number of hydrogen-bond donors (Lipinski definition) is 2. The van der Waals surface area contributed by atoms with E-state index < -0.39 is 0 Å². The molecular weight excluding hydrogens is 217 g/mol. The van der Waals surface area contributed by atoms with E-state index in [-0.39, 0.29) is 5.82 Å². The number of hydrogen-bond acceptors (Lipinski definition) is 1. The van der Waals surface area contributed by atoms with Crippen LogP contribution in [-0.2, 0) is 6.54 Å². The normalized spacial score (nSPS) is 11.4. The van der Waals surface area contributed by atoms with Crippen LogP contribution in [0.2, 0.25) is 0 Å². The van der Waals surface area contributed by atoms with Gasteiger partial charge in [0.1, 0.15) is 5.82 Å². The number of nitrogens with one attached hydrogen (secondary N) is 2. The third-order valence-corrected chi connectivity index (χ3v) is 2.22. The van der Waals surface area contributed by atoms with Gasteiger partial charge in [-0.25, -0.2) is 9.38 Å². The minimum Gasteiger partial charge on any atom is -0.357 e. The van der Waals surface area contributed by atoms with Crippen LogP contribution in [0, 0.1) is 5.82 Å². The maximum atomic E-state index is 12.7. The zero-order valence-corrected chi connectivity index (χ0v) is 10.5. The average molecular weight is 237 g/mol. The van der Waals surface area contributed by atoms with E-state index in [2.05, 4.69) is 22.5 Å². The van der Waals surface area contributed by atoms with Gasteiger partial charge in [0.05, 0.1) is 6.54 Å². The minimum absolute atomic E-state index is 0.214. The van der Waals surface area contributed by atoms with Crippen molar-refractivity contribution >= 4 is 5.96 Å². The summed E-state index contributed by atoms with van der Waals surface area (Å²) in [5, 5.41) is 6.38.